The Hall–Kier alpha value is -2.03. The molecule has 2 aromatic heterocycles. The van der Waals surface area contributed by atoms with Gasteiger partial charge in [-0.05, 0) is 19.1 Å². The van der Waals surface area contributed by atoms with E-state index >= 15 is 0 Å². The molecule has 5 nitrogen and oxygen atoms in total. The molecule has 1 amide bonds. The summed E-state index contributed by atoms with van der Waals surface area (Å²) in [5.74, 6) is -0.256. The summed E-state index contributed by atoms with van der Waals surface area (Å²) in [7, 11) is 0. The molecule has 0 aliphatic heterocycles. The number of hydrogen-bond acceptors (Lipinski definition) is 4. The third-order valence-electron chi connectivity index (χ3n) is 2.77. The van der Waals surface area contributed by atoms with Crippen molar-refractivity contribution in [2.24, 2.45) is 0 Å². The molecule has 0 unspecified atom stereocenters. The first-order valence-corrected chi connectivity index (χ1v) is 7.18. The molecule has 0 fully saturated rings. The number of pyridine rings is 1. The van der Waals surface area contributed by atoms with Crippen molar-refractivity contribution in [3.05, 3.63) is 36.5 Å². The largest absolute Gasteiger partial charge is 0.417 e. The summed E-state index contributed by atoms with van der Waals surface area (Å²) < 4.78 is 39.5. The number of rotatable bonds is 5. The highest BCUT2D eigenvalue weighted by atomic mass is 32.2. The fraction of sp³-hybridized carbons (Fsp3) is 0.308. The molecule has 0 spiro atoms. The van der Waals surface area contributed by atoms with Gasteiger partial charge < -0.3 is 5.32 Å². The van der Waals surface area contributed by atoms with Crippen LogP contribution in [0.25, 0.3) is 5.65 Å². The van der Waals surface area contributed by atoms with Crippen LogP contribution in [-0.4, -0.2) is 32.3 Å². The van der Waals surface area contributed by atoms with Gasteiger partial charge in [-0.25, -0.2) is 0 Å². The van der Waals surface area contributed by atoms with E-state index in [0.717, 1.165) is 24.0 Å². The van der Waals surface area contributed by atoms with Crippen molar-refractivity contribution in [2.45, 2.75) is 23.5 Å². The maximum Gasteiger partial charge on any atom is 0.417 e. The summed E-state index contributed by atoms with van der Waals surface area (Å²) in [4.78, 5) is 11.8. The number of alkyl halides is 3. The Bertz CT molecular complexity index is 698. The molecule has 22 heavy (non-hydrogen) atoms. The third kappa shape index (κ3) is 3.59. The van der Waals surface area contributed by atoms with Gasteiger partial charge in [-0.3, -0.25) is 9.20 Å². The Morgan fingerprint density at radius 2 is 2.23 bits per heavy atom. The Balaban J connectivity index is 2.24. The van der Waals surface area contributed by atoms with Gasteiger partial charge in [-0.1, -0.05) is 17.8 Å². The lowest BCUT2D eigenvalue weighted by atomic mass is 10.3. The molecule has 0 saturated heterocycles. The Kier molecular flexibility index (Phi) is 4.74. The molecule has 2 aromatic rings. The van der Waals surface area contributed by atoms with E-state index in [4.69, 9.17) is 0 Å². The number of carbonyl (C=O) groups is 1. The predicted octanol–water partition coefficient (Wildman–Crippen LogP) is 2.53. The quantitative estimate of drug-likeness (QED) is 0.676. The molecule has 0 aliphatic carbocycles. The second-order valence-corrected chi connectivity index (χ2v) is 5.73. The Morgan fingerprint density at radius 1 is 1.50 bits per heavy atom. The van der Waals surface area contributed by atoms with Gasteiger partial charge >= 0.3 is 6.18 Å². The molecule has 0 aromatic carbocycles. The lowest BCUT2D eigenvalue weighted by Gasteiger charge is -2.10. The van der Waals surface area contributed by atoms with Crippen molar-refractivity contribution in [1.29, 1.82) is 0 Å². The molecule has 0 aliphatic rings. The molecule has 9 heteroatoms. The summed E-state index contributed by atoms with van der Waals surface area (Å²) in [6, 6.07) is 2.18. The second kappa shape index (κ2) is 6.39. The molecule has 0 saturated carbocycles. The number of hydrogen-bond donors (Lipinski definition) is 1. The predicted molar refractivity (Wildman–Crippen MR) is 76.5 cm³/mol. The first kappa shape index (κ1) is 16.3. The zero-order valence-corrected chi connectivity index (χ0v) is 12.4. The average molecular weight is 330 g/mol. The van der Waals surface area contributed by atoms with E-state index in [0.29, 0.717) is 6.54 Å². The summed E-state index contributed by atoms with van der Waals surface area (Å²) in [5.41, 5.74) is -0.514. The van der Waals surface area contributed by atoms with E-state index < -0.39 is 17.0 Å². The van der Waals surface area contributed by atoms with Gasteiger partial charge in [-0.2, -0.15) is 13.2 Å². The number of thioether (sulfide) groups is 1. The normalized spacial score (nSPS) is 13.1. The molecular formula is C13H13F3N4OS. The highest BCUT2D eigenvalue weighted by Gasteiger charge is 2.31. The minimum Gasteiger partial charge on any atom is -0.352 e. The van der Waals surface area contributed by atoms with Crippen LogP contribution < -0.4 is 5.32 Å². The number of nitrogens with zero attached hydrogens (tertiary/aromatic N) is 3. The highest BCUT2D eigenvalue weighted by molar-refractivity contribution is 8.00. The van der Waals surface area contributed by atoms with Crippen molar-refractivity contribution < 1.29 is 18.0 Å². The summed E-state index contributed by atoms with van der Waals surface area (Å²) in [6.45, 7) is 5.45. The van der Waals surface area contributed by atoms with Crippen LogP contribution in [0.15, 0.2) is 36.1 Å². The van der Waals surface area contributed by atoms with Crippen molar-refractivity contribution in [3.63, 3.8) is 0 Å². The summed E-state index contributed by atoms with van der Waals surface area (Å²) in [6.07, 6.45) is -1.99. The van der Waals surface area contributed by atoms with Gasteiger partial charge in [0.25, 0.3) is 0 Å². The molecule has 0 bridgehead atoms. The number of carbonyl (C=O) groups excluding carboxylic acids is 1. The molecule has 118 valence electrons. The number of halogens is 3. The van der Waals surface area contributed by atoms with Crippen molar-refractivity contribution in [3.8, 4) is 0 Å². The van der Waals surface area contributed by atoms with Gasteiger partial charge in [0.1, 0.15) is 0 Å². The van der Waals surface area contributed by atoms with Gasteiger partial charge in [0.15, 0.2) is 10.8 Å². The molecule has 2 rings (SSSR count). The second-order valence-electron chi connectivity index (χ2n) is 4.42. The Morgan fingerprint density at radius 3 is 2.86 bits per heavy atom. The molecular weight excluding hydrogens is 317 g/mol. The number of amides is 1. The first-order chi connectivity index (χ1) is 10.3. The SMILES string of the molecule is C=CCNC(=O)[C@H](C)Sc1nnc2ccc(C(F)(F)F)cn12. The van der Waals surface area contributed by atoms with E-state index in [-0.39, 0.29) is 16.7 Å². The highest BCUT2D eigenvalue weighted by Crippen LogP contribution is 2.30. The monoisotopic (exact) mass is 330 g/mol. The maximum atomic E-state index is 12.7. The Labute approximate surface area is 128 Å². The van der Waals surface area contributed by atoms with Crippen LogP contribution in [-0.2, 0) is 11.0 Å². The topological polar surface area (TPSA) is 59.3 Å². The molecule has 1 atom stereocenters. The number of nitrogens with one attached hydrogen (secondary N) is 1. The smallest absolute Gasteiger partial charge is 0.352 e. The van der Waals surface area contributed by atoms with E-state index in [1.165, 1.54) is 16.5 Å². The van der Waals surface area contributed by atoms with E-state index in [1.54, 1.807) is 6.92 Å². The molecule has 0 radical (unpaired) electrons. The first-order valence-electron chi connectivity index (χ1n) is 6.30. The molecule has 1 N–H and O–H groups in total. The van der Waals surface area contributed by atoms with Crippen molar-refractivity contribution in [2.75, 3.05) is 6.54 Å². The van der Waals surface area contributed by atoms with E-state index in [1.807, 2.05) is 0 Å². The van der Waals surface area contributed by atoms with Gasteiger partial charge in [0.2, 0.25) is 5.91 Å². The number of aromatic nitrogens is 3. The fourth-order valence-corrected chi connectivity index (χ4v) is 2.50. The number of fused-ring (bicyclic) bond motifs is 1. The third-order valence-corrected chi connectivity index (χ3v) is 3.83. The van der Waals surface area contributed by atoms with Crippen LogP contribution in [0.1, 0.15) is 12.5 Å². The summed E-state index contributed by atoms with van der Waals surface area (Å²) in [5, 5.41) is 9.93. The van der Waals surface area contributed by atoms with Crippen molar-refractivity contribution in [1.82, 2.24) is 19.9 Å². The zero-order valence-electron chi connectivity index (χ0n) is 11.6. The van der Waals surface area contributed by atoms with Crippen molar-refractivity contribution >= 4 is 23.3 Å². The van der Waals surface area contributed by atoms with Crippen LogP contribution in [0.2, 0.25) is 0 Å². The van der Waals surface area contributed by atoms with Crippen LogP contribution in [0.3, 0.4) is 0 Å². The fourth-order valence-electron chi connectivity index (χ4n) is 1.65. The molecule has 2 heterocycles. The minimum atomic E-state index is -4.45. The zero-order chi connectivity index (χ0) is 16.3. The summed E-state index contributed by atoms with van der Waals surface area (Å²) >= 11 is 1.03. The van der Waals surface area contributed by atoms with E-state index in [2.05, 4.69) is 22.1 Å². The van der Waals surface area contributed by atoms with E-state index in [9.17, 15) is 18.0 Å². The van der Waals surface area contributed by atoms with Crippen LogP contribution in [0, 0.1) is 0 Å². The van der Waals surface area contributed by atoms with Crippen LogP contribution in [0.5, 0.6) is 0 Å². The standard InChI is InChI=1S/C13H13F3N4OS/c1-3-6-17-11(21)8(2)22-12-19-18-10-5-4-9(7-20(10)12)13(14,15)16/h3-5,7-8H,1,6H2,2H3,(H,17,21)/t8-/m0/s1. The van der Waals surface area contributed by atoms with Gasteiger partial charge in [0.05, 0.1) is 10.8 Å². The van der Waals surface area contributed by atoms with Gasteiger partial charge in [0, 0.05) is 12.7 Å². The minimum absolute atomic E-state index is 0.224. The van der Waals surface area contributed by atoms with Crippen LogP contribution in [0.4, 0.5) is 13.2 Å². The maximum absolute atomic E-state index is 12.7. The van der Waals surface area contributed by atoms with Gasteiger partial charge in [-0.15, -0.1) is 16.8 Å². The lowest BCUT2D eigenvalue weighted by Crippen LogP contribution is -2.31. The average Bonchev–Trinajstić information content (AvgIpc) is 2.86. The van der Waals surface area contributed by atoms with Crippen LogP contribution >= 0.6 is 11.8 Å². The lowest BCUT2D eigenvalue weighted by molar-refractivity contribution is -0.137.